The highest BCUT2D eigenvalue weighted by atomic mass is 32.2. The minimum absolute atomic E-state index is 0.291. The van der Waals surface area contributed by atoms with Crippen LogP contribution in [0.1, 0.15) is 19.4 Å². The Morgan fingerprint density at radius 3 is 2.24 bits per heavy atom. The summed E-state index contributed by atoms with van der Waals surface area (Å²) in [5.41, 5.74) is 0.500. The van der Waals surface area contributed by atoms with Gasteiger partial charge in [0.1, 0.15) is 11.6 Å². The van der Waals surface area contributed by atoms with Gasteiger partial charge in [-0.3, -0.25) is 0 Å². The summed E-state index contributed by atoms with van der Waals surface area (Å²) in [4.78, 5) is 0. The fourth-order valence-corrected chi connectivity index (χ4v) is 2.50. The molecular weight excluding hydrogens is 242 g/mol. The summed E-state index contributed by atoms with van der Waals surface area (Å²) in [5.74, 6) is 0.966. The van der Waals surface area contributed by atoms with E-state index in [4.69, 9.17) is 0 Å². The number of halogens is 2. The average Bonchev–Trinajstić information content (AvgIpc) is 2.14. The molecule has 1 aromatic rings. The summed E-state index contributed by atoms with van der Waals surface area (Å²) in [5, 5.41) is 9.73. The van der Waals surface area contributed by atoms with Gasteiger partial charge in [-0.05, 0) is 35.8 Å². The van der Waals surface area contributed by atoms with E-state index in [0.29, 0.717) is 23.7 Å². The monoisotopic (exact) mass is 260 g/mol. The third-order valence-electron chi connectivity index (χ3n) is 2.16. The zero-order chi connectivity index (χ0) is 12.8. The van der Waals surface area contributed by atoms with Gasteiger partial charge in [-0.2, -0.15) is 11.8 Å². The van der Waals surface area contributed by atoms with Crippen molar-refractivity contribution in [3.8, 4) is 0 Å². The number of aliphatic hydroxyl groups is 1. The second-order valence-corrected chi connectivity index (χ2v) is 5.64. The lowest BCUT2D eigenvalue weighted by atomic mass is 10.1. The lowest BCUT2D eigenvalue weighted by molar-refractivity contribution is 0.200. The summed E-state index contributed by atoms with van der Waals surface area (Å²) < 4.78 is 25.8. The molecule has 0 radical (unpaired) electrons. The van der Waals surface area contributed by atoms with Gasteiger partial charge in [-0.1, -0.05) is 13.8 Å². The van der Waals surface area contributed by atoms with E-state index in [1.807, 2.05) is 0 Å². The van der Waals surface area contributed by atoms with Gasteiger partial charge in [0, 0.05) is 11.8 Å². The molecule has 0 saturated carbocycles. The van der Waals surface area contributed by atoms with Crippen LogP contribution >= 0.6 is 11.8 Å². The molecule has 0 heterocycles. The van der Waals surface area contributed by atoms with E-state index in [9.17, 15) is 13.9 Å². The lowest BCUT2D eigenvalue weighted by Gasteiger charge is -2.11. The molecule has 96 valence electrons. The van der Waals surface area contributed by atoms with Gasteiger partial charge in [0.05, 0.1) is 6.10 Å². The van der Waals surface area contributed by atoms with Gasteiger partial charge in [-0.15, -0.1) is 0 Å². The van der Waals surface area contributed by atoms with Crippen LogP contribution in [0.3, 0.4) is 0 Å². The third-order valence-corrected chi connectivity index (χ3v) is 3.68. The molecule has 1 N–H and O–H groups in total. The fraction of sp³-hybridized carbons (Fsp3) is 0.538. The van der Waals surface area contributed by atoms with Crippen LogP contribution in [0.15, 0.2) is 18.2 Å². The lowest BCUT2D eigenvalue weighted by Crippen LogP contribution is -2.14. The van der Waals surface area contributed by atoms with Crippen molar-refractivity contribution < 1.29 is 13.9 Å². The summed E-state index contributed by atoms with van der Waals surface area (Å²) in [7, 11) is 0. The minimum Gasteiger partial charge on any atom is -0.392 e. The molecule has 0 bridgehead atoms. The molecule has 0 amide bonds. The minimum atomic E-state index is -0.595. The van der Waals surface area contributed by atoms with Crippen LogP contribution in [0.4, 0.5) is 8.78 Å². The largest absolute Gasteiger partial charge is 0.392 e. The van der Waals surface area contributed by atoms with E-state index in [1.54, 1.807) is 11.8 Å². The zero-order valence-corrected chi connectivity index (χ0v) is 10.9. The van der Waals surface area contributed by atoms with Crippen LogP contribution in [0.25, 0.3) is 0 Å². The number of aliphatic hydroxyl groups excluding tert-OH is 1. The highest BCUT2D eigenvalue weighted by Crippen LogP contribution is 2.14. The van der Waals surface area contributed by atoms with E-state index < -0.39 is 17.7 Å². The maximum atomic E-state index is 12.9. The zero-order valence-electron chi connectivity index (χ0n) is 10.1. The highest BCUT2D eigenvalue weighted by Gasteiger charge is 2.08. The summed E-state index contributed by atoms with van der Waals surface area (Å²) >= 11 is 1.66. The Morgan fingerprint density at radius 2 is 1.71 bits per heavy atom. The predicted molar refractivity (Wildman–Crippen MR) is 68.2 cm³/mol. The summed E-state index contributed by atoms with van der Waals surface area (Å²) in [6, 6.07) is 3.36. The first-order valence-electron chi connectivity index (χ1n) is 5.68. The Hall–Kier alpha value is -0.610. The molecule has 1 unspecified atom stereocenters. The molecule has 0 aliphatic rings. The van der Waals surface area contributed by atoms with Crippen molar-refractivity contribution in [2.45, 2.75) is 26.4 Å². The van der Waals surface area contributed by atoms with Crippen molar-refractivity contribution in [1.29, 1.82) is 0 Å². The topological polar surface area (TPSA) is 20.2 Å². The van der Waals surface area contributed by atoms with Gasteiger partial charge in [-0.25, -0.2) is 8.78 Å². The van der Waals surface area contributed by atoms with Gasteiger partial charge in [0.15, 0.2) is 0 Å². The van der Waals surface area contributed by atoms with E-state index in [-0.39, 0.29) is 0 Å². The van der Waals surface area contributed by atoms with Gasteiger partial charge < -0.3 is 5.11 Å². The Bertz CT molecular complexity index is 335. The first-order valence-corrected chi connectivity index (χ1v) is 6.83. The Morgan fingerprint density at radius 1 is 1.12 bits per heavy atom. The first-order chi connectivity index (χ1) is 7.97. The second-order valence-electron chi connectivity index (χ2n) is 4.57. The van der Waals surface area contributed by atoms with Crippen LogP contribution in [-0.4, -0.2) is 22.7 Å². The van der Waals surface area contributed by atoms with Crippen LogP contribution < -0.4 is 0 Å². The molecule has 1 rings (SSSR count). The Balaban J connectivity index is 2.42. The molecule has 0 aliphatic carbocycles. The van der Waals surface area contributed by atoms with Crippen LogP contribution in [-0.2, 0) is 6.42 Å². The summed E-state index contributed by atoms with van der Waals surface area (Å²) in [6.07, 6.45) is -0.264. The van der Waals surface area contributed by atoms with Crippen LogP contribution in [0.2, 0.25) is 0 Å². The first kappa shape index (κ1) is 14.5. The van der Waals surface area contributed by atoms with Crippen molar-refractivity contribution in [2.75, 3.05) is 11.5 Å². The number of hydrogen-bond acceptors (Lipinski definition) is 2. The van der Waals surface area contributed by atoms with Gasteiger partial charge in [0.2, 0.25) is 0 Å². The predicted octanol–water partition coefficient (Wildman–Crippen LogP) is 3.26. The Kier molecular flexibility index (Phi) is 5.92. The SMILES string of the molecule is CC(C)CSCC(O)Cc1cc(F)cc(F)c1. The maximum absolute atomic E-state index is 12.9. The molecule has 1 aromatic carbocycles. The second kappa shape index (κ2) is 6.97. The number of thioether (sulfide) groups is 1. The van der Waals surface area contributed by atoms with Crippen molar-refractivity contribution in [2.24, 2.45) is 5.92 Å². The van der Waals surface area contributed by atoms with E-state index in [1.165, 1.54) is 12.1 Å². The standard InChI is InChI=1S/C13H18F2OS/c1-9(2)7-17-8-13(16)5-10-3-11(14)6-12(15)4-10/h3-4,6,9,13,16H,5,7-8H2,1-2H3. The van der Waals surface area contributed by atoms with E-state index in [2.05, 4.69) is 13.8 Å². The average molecular weight is 260 g/mol. The molecule has 0 saturated heterocycles. The van der Waals surface area contributed by atoms with Crippen molar-refractivity contribution >= 4 is 11.8 Å². The molecule has 1 atom stereocenters. The Labute approximate surface area is 105 Å². The molecular formula is C13H18F2OS. The smallest absolute Gasteiger partial charge is 0.126 e. The quantitative estimate of drug-likeness (QED) is 0.847. The van der Waals surface area contributed by atoms with E-state index >= 15 is 0 Å². The maximum Gasteiger partial charge on any atom is 0.126 e. The molecule has 0 aromatic heterocycles. The van der Waals surface area contributed by atoms with Crippen molar-refractivity contribution in [3.05, 3.63) is 35.4 Å². The molecule has 17 heavy (non-hydrogen) atoms. The number of benzene rings is 1. The van der Waals surface area contributed by atoms with Crippen molar-refractivity contribution in [1.82, 2.24) is 0 Å². The van der Waals surface area contributed by atoms with E-state index in [0.717, 1.165) is 11.8 Å². The normalized spacial score (nSPS) is 13.1. The number of hydrogen-bond donors (Lipinski definition) is 1. The molecule has 0 fully saturated rings. The fourth-order valence-electron chi connectivity index (χ4n) is 1.50. The van der Waals surface area contributed by atoms with Crippen LogP contribution in [0, 0.1) is 17.6 Å². The molecule has 0 aliphatic heterocycles. The number of rotatable bonds is 6. The van der Waals surface area contributed by atoms with Gasteiger partial charge in [0.25, 0.3) is 0 Å². The highest BCUT2D eigenvalue weighted by molar-refractivity contribution is 7.99. The van der Waals surface area contributed by atoms with Gasteiger partial charge >= 0.3 is 0 Å². The third kappa shape index (κ3) is 6.03. The molecule has 1 nitrogen and oxygen atoms in total. The molecule has 0 spiro atoms. The molecule has 4 heteroatoms. The summed E-state index contributed by atoms with van der Waals surface area (Å²) in [6.45, 7) is 4.22. The van der Waals surface area contributed by atoms with Crippen molar-refractivity contribution in [3.63, 3.8) is 0 Å². The van der Waals surface area contributed by atoms with Crippen LogP contribution in [0.5, 0.6) is 0 Å².